The molecule has 0 radical (unpaired) electrons. The molecule has 0 unspecified atom stereocenters. The first-order valence-electron chi connectivity index (χ1n) is 12.1. The number of aryl methyl sites for hydroxylation is 5. The zero-order valence-electron chi connectivity index (χ0n) is 20.0. The molecule has 0 bridgehead atoms. The van der Waals surface area contributed by atoms with Gasteiger partial charge < -0.3 is 10.1 Å². The third-order valence-corrected chi connectivity index (χ3v) is 6.47. The Bertz CT molecular complexity index is 1320. The molecular formula is C30H29N3O2. The van der Waals surface area contributed by atoms with Crippen LogP contribution < -0.4 is 10.1 Å². The lowest BCUT2D eigenvalue weighted by Crippen LogP contribution is -2.19. The quantitative estimate of drug-likeness (QED) is 0.369. The van der Waals surface area contributed by atoms with E-state index < -0.39 is 0 Å². The Morgan fingerprint density at radius 2 is 1.57 bits per heavy atom. The molecule has 0 fully saturated rings. The van der Waals surface area contributed by atoms with Gasteiger partial charge in [-0.3, -0.25) is 4.79 Å². The van der Waals surface area contributed by atoms with Crippen molar-refractivity contribution in [1.82, 2.24) is 9.97 Å². The molecule has 35 heavy (non-hydrogen) atoms. The number of amides is 1. The summed E-state index contributed by atoms with van der Waals surface area (Å²) in [5.74, 6) is 1.41. The van der Waals surface area contributed by atoms with Gasteiger partial charge in [0.1, 0.15) is 5.75 Å². The zero-order chi connectivity index (χ0) is 24.0. The van der Waals surface area contributed by atoms with Crippen LogP contribution >= 0.6 is 0 Å². The number of benzene rings is 3. The second-order valence-electron chi connectivity index (χ2n) is 8.86. The van der Waals surface area contributed by atoms with E-state index in [1.807, 2.05) is 54.6 Å². The molecule has 0 aliphatic heterocycles. The van der Waals surface area contributed by atoms with Crippen LogP contribution in [0, 0.1) is 0 Å². The summed E-state index contributed by atoms with van der Waals surface area (Å²) in [7, 11) is 1.69. The normalized spacial score (nSPS) is 11.9. The Kier molecular flexibility index (Phi) is 6.85. The van der Waals surface area contributed by atoms with Gasteiger partial charge in [0.2, 0.25) is 5.91 Å². The summed E-state index contributed by atoms with van der Waals surface area (Å²) in [5, 5.41) is 3.08. The molecule has 5 rings (SSSR count). The van der Waals surface area contributed by atoms with Crippen molar-refractivity contribution in [3.63, 3.8) is 0 Å². The van der Waals surface area contributed by atoms with Gasteiger partial charge in [-0.25, -0.2) is 9.97 Å². The molecule has 1 aliphatic carbocycles. The van der Waals surface area contributed by atoms with Crippen molar-refractivity contribution in [1.29, 1.82) is 0 Å². The SMILES string of the molecule is COc1ccc2c(c1)CCc1nc(NC(=O)CCc3ccccc3)c(CCc3ccccc3)nc1-2. The first kappa shape index (κ1) is 22.8. The molecule has 1 aliphatic rings. The van der Waals surface area contributed by atoms with Gasteiger partial charge in [-0.2, -0.15) is 0 Å². The van der Waals surface area contributed by atoms with Gasteiger partial charge in [-0.15, -0.1) is 0 Å². The minimum Gasteiger partial charge on any atom is -0.497 e. The smallest absolute Gasteiger partial charge is 0.225 e. The summed E-state index contributed by atoms with van der Waals surface area (Å²) >= 11 is 0. The second kappa shape index (κ2) is 10.5. The molecule has 1 heterocycles. The van der Waals surface area contributed by atoms with E-state index in [2.05, 4.69) is 29.6 Å². The fraction of sp³-hybridized carbons (Fsp3) is 0.233. The molecule has 176 valence electrons. The Hall–Kier alpha value is -3.99. The summed E-state index contributed by atoms with van der Waals surface area (Å²) < 4.78 is 5.41. The maximum absolute atomic E-state index is 12.9. The van der Waals surface area contributed by atoms with Crippen molar-refractivity contribution in [2.45, 2.75) is 38.5 Å². The van der Waals surface area contributed by atoms with Crippen LogP contribution in [-0.2, 0) is 36.9 Å². The highest BCUT2D eigenvalue weighted by molar-refractivity contribution is 5.90. The van der Waals surface area contributed by atoms with Crippen molar-refractivity contribution in [3.05, 3.63) is 107 Å². The van der Waals surface area contributed by atoms with Crippen molar-refractivity contribution in [2.75, 3.05) is 12.4 Å². The Morgan fingerprint density at radius 3 is 2.29 bits per heavy atom. The summed E-state index contributed by atoms with van der Waals surface area (Å²) in [5.41, 5.74) is 7.38. The van der Waals surface area contributed by atoms with E-state index in [1.54, 1.807) is 7.11 Å². The minimum absolute atomic E-state index is 0.0370. The lowest BCUT2D eigenvalue weighted by molar-refractivity contribution is -0.116. The molecule has 1 aromatic heterocycles. The highest BCUT2D eigenvalue weighted by atomic mass is 16.5. The van der Waals surface area contributed by atoms with Crippen LogP contribution in [0.1, 0.15) is 34.5 Å². The van der Waals surface area contributed by atoms with E-state index in [0.717, 1.165) is 53.2 Å². The second-order valence-corrected chi connectivity index (χ2v) is 8.86. The number of hydrogen-bond acceptors (Lipinski definition) is 4. The van der Waals surface area contributed by atoms with Gasteiger partial charge in [0.25, 0.3) is 0 Å². The van der Waals surface area contributed by atoms with Gasteiger partial charge >= 0.3 is 0 Å². The minimum atomic E-state index is -0.0370. The number of carbonyl (C=O) groups is 1. The van der Waals surface area contributed by atoms with Crippen molar-refractivity contribution < 1.29 is 9.53 Å². The van der Waals surface area contributed by atoms with Crippen LogP contribution in [0.25, 0.3) is 11.3 Å². The predicted octanol–water partition coefficient (Wildman–Crippen LogP) is 5.61. The van der Waals surface area contributed by atoms with Gasteiger partial charge in [-0.05, 0) is 67.0 Å². The first-order chi connectivity index (χ1) is 17.2. The Balaban J connectivity index is 1.42. The van der Waals surface area contributed by atoms with E-state index in [4.69, 9.17) is 14.7 Å². The maximum Gasteiger partial charge on any atom is 0.225 e. The number of rotatable bonds is 8. The molecule has 3 aromatic carbocycles. The van der Waals surface area contributed by atoms with Crippen LogP contribution in [0.2, 0.25) is 0 Å². The van der Waals surface area contributed by atoms with Gasteiger partial charge in [0.15, 0.2) is 5.82 Å². The number of hydrogen-bond donors (Lipinski definition) is 1. The number of aromatic nitrogens is 2. The molecule has 5 heteroatoms. The van der Waals surface area contributed by atoms with Crippen molar-refractivity contribution >= 4 is 11.7 Å². The number of nitrogens with one attached hydrogen (secondary N) is 1. The monoisotopic (exact) mass is 463 g/mol. The Morgan fingerprint density at radius 1 is 0.857 bits per heavy atom. The fourth-order valence-electron chi connectivity index (χ4n) is 4.56. The molecule has 5 nitrogen and oxygen atoms in total. The molecular weight excluding hydrogens is 434 g/mol. The largest absolute Gasteiger partial charge is 0.497 e. The Labute approximate surface area is 206 Å². The molecule has 1 amide bonds. The van der Waals surface area contributed by atoms with Crippen LogP contribution in [0.5, 0.6) is 5.75 Å². The summed E-state index contributed by atoms with van der Waals surface area (Å²) in [6, 6.07) is 26.5. The molecule has 0 spiro atoms. The summed E-state index contributed by atoms with van der Waals surface area (Å²) in [4.78, 5) is 22.9. The first-order valence-corrected chi connectivity index (χ1v) is 12.1. The van der Waals surface area contributed by atoms with Gasteiger partial charge in [0, 0.05) is 12.0 Å². The number of nitrogens with zero attached hydrogens (tertiary/aromatic N) is 2. The summed E-state index contributed by atoms with van der Waals surface area (Å²) in [6.45, 7) is 0. The molecule has 0 saturated carbocycles. The third kappa shape index (κ3) is 5.40. The average Bonchev–Trinajstić information content (AvgIpc) is 2.91. The van der Waals surface area contributed by atoms with E-state index in [-0.39, 0.29) is 5.91 Å². The molecule has 0 atom stereocenters. The lowest BCUT2D eigenvalue weighted by atomic mass is 9.91. The lowest BCUT2D eigenvalue weighted by Gasteiger charge is -2.21. The van der Waals surface area contributed by atoms with E-state index in [9.17, 15) is 4.79 Å². The standard InChI is InChI=1S/C30H29N3O2/c1-35-24-15-16-25-23(20-24)14-18-26-29(25)31-27(17-12-21-8-4-2-5-9-21)30(32-26)33-28(34)19-13-22-10-6-3-7-11-22/h2-11,15-16,20H,12-14,17-19H2,1H3,(H,32,33,34). The van der Waals surface area contributed by atoms with Crippen molar-refractivity contribution in [2.24, 2.45) is 0 Å². The van der Waals surface area contributed by atoms with Crippen LogP contribution in [0.3, 0.4) is 0 Å². The average molecular weight is 464 g/mol. The topological polar surface area (TPSA) is 64.1 Å². The molecule has 4 aromatic rings. The zero-order valence-corrected chi connectivity index (χ0v) is 20.0. The van der Waals surface area contributed by atoms with Gasteiger partial charge in [0.05, 0.1) is 24.2 Å². The van der Waals surface area contributed by atoms with Crippen LogP contribution in [0.4, 0.5) is 5.82 Å². The third-order valence-electron chi connectivity index (χ3n) is 6.47. The molecule has 0 saturated heterocycles. The summed E-state index contributed by atoms with van der Waals surface area (Å²) in [6.07, 6.45) is 4.29. The maximum atomic E-state index is 12.9. The van der Waals surface area contributed by atoms with Gasteiger partial charge in [-0.1, -0.05) is 60.7 Å². The van der Waals surface area contributed by atoms with E-state index in [1.165, 1.54) is 11.1 Å². The van der Waals surface area contributed by atoms with E-state index in [0.29, 0.717) is 25.1 Å². The number of carbonyl (C=O) groups excluding carboxylic acids is 1. The highest BCUT2D eigenvalue weighted by Crippen LogP contribution is 2.35. The number of ether oxygens (including phenoxy) is 1. The molecule has 1 N–H and O–H groups in total. The number of fused-ring (bicyclic) bond motifs is 3. The van der Waals surface area contributed by atoms with E-state index >= 15 is 0 Å². The number of methoxy groups -OCH3 is 1. The fourth-order valence-corrected chi connectivity index (χ4v) is 4.56. The predicted molar refractivity (Wildman–Crippen MR) is 139 cm³/mol. The highest BCUT2D eigenvalue weighted by Gasteiger charge is 2.23. The van der Waals surface area contributed by atoms with Crippen LogP contribution in [0.15, 0.2) is 78.9 Å². The van der Waals surface area contributed by atoms with Crippen molar-refractivity contribution in [3.8, 4) is 17.0 Å². The number of anilines is 1. The van der Waals surface area contributed by atoms with Crippen LogP contribution in [-0.4, -0.2) is 23.0 Å².